The fraction of sp³-hybridized carbons (Fsp3) is 0.350. The molecule has 0 unspecified atom stereocenters. The zero-order valence-corrected chi connectivity index (χ0v) is 15.3. The third-order valence-electron chi connectivity index (χ3n) is 5.04. The smallest absolute Gasteiger partial charge is 0.266 e. The van der Waals surface area contributed by atoms with Crippen LogP contribution in [-0.4, -0.2) is 37.8 Å². The van der Waals surface area contributed by atoms with Crippen LogP contribution in [0.1, 0.15) is 18.5 Å². The summed E-state index contributed by atoms with van der Waals surface area (Å²) >= 11 is 0. The molecule has 138 valence electrons. The van der Waals surface area contributed by atoms with Crippen LogP contribution >= 0.6 is 0 Å². The second kappa shape index (κ2) is 7.65. The van der Waals surface area contributed by atoms with Gasteiger partial charge in [-0.1, -0.05) is 0 Å². The highest BCUT2D eigenvalue weighted by molar-refractivity contribution is 5.57. The summed E-state index contributed by atoms with van der Waals surface area (Å²) in [5, 5.41) is 4.57. The zero-order valence-electron chi connectivity index (χ0n) is 15.3. The molecule has 0 amide bonds. The van der Waals surface area contributed by atoms with E-state index in [0.717, 1.165) is 48.7 Å². The highest BCUT2D eigenvalue weighted by atomic mass is 16.1. The number of hydrogen-bond donors (Lipinski definition) is 0. The number of hydrogen-bond acceptors (Lipinski definition) is 6. The van der Waals surface area contributed by atoms with Gasteiger partial charge in [0.15, 0.2) is 0 Å². The largest absolute Gasteiger partial charge is 0.355 e. The van der Waals surface area contributed by atoms with Crippen LogP contribution < -0.4 is 10.5 Å². The quantitative estimate of drug-likeness (QED) is 0.709. The van der Waals surface area contributed by atoms with Gasteiger partial charge in [0.05, 0.1) is 11.4 Å². The Bertz CT molecular complexity index is 963. The SMILES string of the molecule is Cc1nccnc1N1CCC(Cn2nc(-c3ccncc3)ccc2=O)CC1. The molecule has 0 radical (unpaired) electrons. The molecule has 1 aliphatic rings. The van der Waals surface area contributed by atoms with E-state index in [1.807, 2.05) is 19.1 Å². The van der Waals surface area contributed by atoms with E-state index in [2.05, 4.69) is 25.0 Å². The second-order valence-corrected chi connectivity index (χ2v) is 6.87. The van der Waals surface area contributed by atoms with Crippen LogP contribution in [0.4, 0.5) is 5.82 Å². The molecule has 3 aromatic heterocycles. The Balaban J connectivity index is 1.45. The molecule has 0 aromatic carbocycles. The third kappa shape index (κ3) is 3.86. The van der Waals surface area contributed by atoms with Gasteiger partial charge in [0.25, 0.3) is 5.56 Å². The number of anilines is 1. The van der Waals surface area contributed by atoms with Crippen molar-refractivity contribution in [2.75, 3.05) is 18.0 Å². The number of rotatable bonds is 4. The van der Waals surface area contributed by atoms with Gasteiger partial charge in [-0.05, 0) is 43.9 Å². The molecule has 0 atom stereocenters. The Morgan fingerprint density at radius 3 is 2.48 bits per heavy atom. The highest BCUT2D eigenvalue weighted by Crippen LogP contribution is 2.24. The summed E-state index contributed by atoms with van der Waals surface area (Å²) in [7, 11) is 0. The van der Waals surface area contributed by atoms with Crippen molar-refractivity contribution in [3.05, 3.63) is 65.1 Å². The summed E-state index contributed by atoms with van der Waals surface area (Å²) in [5.41, 5.74) is 2.66. The Hall–Kier alpha value is -3.09. The van der Waals surface area contributed by atoms with Crippen LogP contribution in [0.5, 0.6) is 0 Å². The molecule has 27 heavy (non-hydrogen) atoms. The lowest BCUT2D eigenvalue weighted by atomic mass is 9.96. The van der Waals surface area contributed by atoms with Gasteiger partial charge < -0.3 is 4.90 Å². The van der Waals surface area contributed by atoms with Crippen molar-refractivity contribution < 1.29 is 0 Å². The summed E-state index contributed by atoms with van der Waals surface area (Å²) in [5.74, 6) is 1.39. The molecule has 4 heterocycles. The Morgan fingerprint density at radius 1 is 1.00 bits per heavy atom. The van der Waals surface area contributed by atoms with Crippen molar-refractivity contribution in [3.63, 3.8) is 0 Å². The van der Waals surface area contributed by atoms with E-state index in [-0.39, 0.29) is 5.56 Å². The van der Waals surface area contributed by atoms with Crippen molar-refractivity contribution in [1.29, 1.82) is 0 Å². The molecule has 0 aliphatic carbocycles. The van der Waals surface area contributed by atoms with Gasteiger partial charge >= 0.3 is 0 Å². The van der Waals surface area contributed by atoms with Gasteiger partial charge in [0.2, 0.25) is 0 Å². The van der Waals surface area contributed by atoms with Gasteiger partial charge in [-0.15, -0.1) is 0 Å². The van der Waals surface area contributed by atoms with E-state index in [9.17, 15) is 4.79 Å². The first-order valence-electron chi connectivity index (χ1n) is 9.22. The van der Waals surface area contributed by atoms with Gasteiger partial charge in [0.1, 0.15) is 5.82 Å². The molecule has 0 saturated carbocycles. The molecule has 4 rings (SSSR count). The lowest BCUT2D eigenvalue weighted by Gasteiger charge is -2.33. The molecule has 7 heteroatoms. The number of nitrogens with zero attached hydrogens (tertiary/aromatic N) is 6. The number of aryl methyl sites for hydroxylation is 1. The van der Waals surface area contributed by atoms with Crippen molar-refractivity contribution in [2.24, 2.45) is 5.92 Å². The van der Waals surface area contributed by atoms with Gasteiger partial charge in [-0.3, -0.25) is 14.8 Å². The summed E-state index contributed by atoms with van der Waals surface area (Å²) in [4.78, 5) is 27.4. The highest BCUT2D eigenvalue weighted by Gasteiger charge is 2.22. The van der Waals surface area contributed by atoms with Crippen LogP contribution in [0.2, 0.25) is 0 Å². The zero-order chi connectivity index (χ0) is 18.6. The molecule has 1 aliphatic heterocycles. The molecule has 1 fully saturated rings. The predicted octanol–water partition coefficient (Wildman–Crippen LogP) is 2.32. The molecule has 7 nitrogen and oxygen atoms in total. The van der Waals surface area contributed by atoms with E-state index in [4.69, 9.17) is 0 Å². The average Bonchev–Trinajstić information content (AvgIpc) is 2.71. The molecule has 3 aromatic rings. The summed E-state index contributed by atoms with van der Waals surface area (Å²) in [6.07, 6.45) is 8.93. The number of pyridine rings is 1. The van der Waals surface area contributed by atoms with Crippen LogP contribution in [-0.2, 0) is 6.54 Å². The van der Waals surface area contributed by atoms with Crippen molar-refractivity contribution in [1.82, 2.24) is 24.7 Å². The first-order chi connectivity index (χ1) is 13.2. The van der Waals surface area contributed by atoms with Crippen LogP contribution in [0.15, 0.2) is 53.8 Å². The third-order valence-corrected chi connectivity index (χ3v) is 5.04. The Kier molecular flexibility index (Phi) is 4.91. The van der Waals surface area contributed by atoms with Crippen LogP contribution in [0.25, 0.3) is 11.3 Å². The minimum absolute atomic E-state index is 0.0555. The maximum absolute atomic E-state index is 12.3. The monoisotopic (exact) mass is 362 g/mol. The van der Waals surface area contributed by atoms with E-state index < -0.39 is 0 Å². The maximum Gasteiger partial charge on any atom is 0.266 e. The minimum atomic E-state index is -0.0555. The summed E-state index contributed by atoms with van der Waals surface area (Å²) in [6, 6.07) is 7.17. The first kappa shape index (κ1) is 17.3. The molecular weight excluding hydrogens is 340 g/mol. The fourth-order valence-corrected chi connectivity index (χ4v) is 3.54. The van der Waals surface area contributed by atoms with Crippen LogP contribution in [0, 0.1) is 12.8 Å². The number of piperidine rings is 1. The van der Waals surface area contributed by atoms with Gasteiger partial charge in [0, 0.05) is 56.1 Å². The van der Waals surface area contributed by atoms with Gasteiger partial charge in [-0.25, -0.2) is 9.67 Å². The van der Waals surface area contributed by atoms with E-state index >= 15 is 0 Å². The fourth-order valence-electron chi connectivity index (χ4n) is 3.54. The van der Waals surface area contributed by atoms with Crippen LogP contribution in [0.3, 0.4) is 0 Å². The first-order valence-corrected chi connectivity index (χ1v) is 9.22. The molecule has 0 bridgehead atoms. The lowest BCUT2D eigenvalue weighted by Crippen LogP contribution is -2.37. The summed E-state index contributed by atoms with van der Waals surface area (Å²) in [6.45, 7) is 4.47. The van der Waals surface area contributed by atoms with E-state index in [1.54, 1.807) is 41.6 Å². The van der Waals surface area contributed by atoms with Crippen molar-refractivity contribution in [3.8, 4) is 11.3 Å². The van der Waals surface area contributed by atoms with E-state index in [1.165, 1.54) is 0 Å². The summed E-state index contributed by atoms with van der Waals surface area (Å²) < 4.78 is 1.60. The Morgan fingerprint density at radius 2 is 1.74 bits per heavy atom. The maximum atomic E-state index is 12.3. The topological polar surface area (TPSA) is 76.8 Å². The standard InChI is InChI=1S/C20H22N6O/c1-15-20(23-11-10-22-15)25-12-6-16(7-13-25)14-26-19(27)3-2-18(24-26)17-4-8-21-9-5-17/h2-5,8-11,16H,6-7,12-14H2,1H3. The number of aromatic nitrogens is 5. The molecule has 0 spiro atoms. The Labute approximate surface area is 157 Å². The lowest BCUT2D eigenvalue weighted by molar-refractivity contribution is 0.335. The van der Waals surface area contributed by atoms with Crippen molar-refractivity contribution >= 4 is 5.82 Å². The predicted molar refractivity (Wildman–Crippen MR) is 103 cm³/mol. The van der Waals surface area contributed by atoms with Crippen molar-refractivity contribution in [2.45, 2.75) is 26.3 Å². The molecule has 0 N–H and O–H groups in total. The molecular formula is C20H22N6O. The average molecular weight is 362 g/mol. The minimum Gasteiger partial charge on any atom is -0.355 e. The van der Waals surface area contributed by atoms with E-state index in [0.29, 0.717) is 12.5 Å². The molecule has 1 saturated heterocycles. The normalized spacial score (nSPS) is 15.1. The second-order valence-electron chi connectivity index (χ2n) is 6.87. The van der Waals surface area contributed by atoms with Gasteiger partial charge in [-0.2, -0.15) is 5.10 Å².